The van der Waals surface area contributed by atoms with Crippen LogP contribution in [0.1, 0.15) is 37.6 Å². The first-order valence-corrected chi connectivity index (χ1v) is 7.12. The second kappa shape index (κ2) is 6.14. The van der Waals surface area contributed by atoms with Gasteiger partial charge in [0.1, 0.15) is 11.4 Å². The predicted molar refractivity (Wildman–Crippen MR) is 84.4 cm³/mol. The van der Waals surface area contributed by atoms with Gasteiger partial charge in [0.05, 0.1) is 6.21 Å². The van der Waals surface area contributed by atoms with E-state index in [1.165, 1.54) is 6.07 Å². The van der Waals surface area contributed by atoms with Gasteiger partial charge in [-0.1, -0.05) is 32.0 Å². The summed E-state index contributed by atoms with van der Waals surface area (Å²) in [5, 5.41) is 22.0. The first-order valence-electron chi connectivity index (χ1n) is 7.12. The smallest absolute Gasteiger partial charge is 0.433 e. The van der Waals surface area contributed by atoms with E-state index in [-0.39, 0.29) is 16.7 Å². The summed E-state index contributed by atoms with van der Waals surface area (Å²) in [6.45, 7) is 5.86. The number of pyridine rings is 1. The van der Waals surface area contributed by atoms with Gasteiger partial charge in [0.25, 0.3) is 0 Å². The minimum Gasteiger partial charge on any atom is -0.507 e. The maximum atomic E-state index is 12.6. The molecular weight excluding hydrogens is 321 g/mol. The topological polar surface area (TPSA) is 65.7 Å². The minimum atomic E-state index is -4.53. The lowest BCUT2D eigenvalue weighted by Gasteiger charge is -2.21. The summed E-state index contributed by atoms with van der Waals surface area (Å²) in [7, 11) is 0. The molecule has 0 atom stereocenters. The highest BCUT2D eigenvalue weighted by Gasteiger charge is 2.32. The molecular formula is C17H17F3N2O2. The fourth-order valence-electron chi connectivity index (χ4n) is 2.19. The van der Waals surface area contributed by atoms with Crippen molar-refractivity contribution in [3.05, 3.63) is 47.3 Å². The van der Waals surface area contributed by atoms with Gasteiger partial charge in [-0.25, -0.2) is 0 Å². The number of halogens is 3. The van der Waals surface area contributed by atoms with E-state index in [0.29, 0.717) is 11.1 Å². The molecule has 0 spiro atoms. The average molecular weight is 338 g/mol. The number of phenolic OH excluding ortho intramolecular Hbond substituents is 1. The number of nitrogens with zero attached hydrogens (tertiary/aromatic N) is 2. The van der Waals surface area contributed by atoms with Crippen molar-refractivity contribution in [2.45, 2.75) is 32.4 Å². The van der Waals surface area contributed by atoms with E-state index in [0.717, 1.165) is 24.0 Å². The van der Waals surface area contributed by atoms with Gasteiger partial charge in [0.15, 0.2) is 0 Å². The van der Waals surface area contributed by atoms with Crippen LogP contribution in [0.3, 0.4) is 0 Å². The number of phenols is 1. The van der Waals surface area contributed by atoms with E-state index in [4.69, 9.17) is 5.21 Å². The van der Waals surface area contributed by atoms with Gasteiger partial charge in [-0.2, -0.15) is 13.2 Å². The van der Waals surface area contributed by atoms with Gasteiger partial charge in [-0.15, -0.1) is 0 Å². The number of aromatic nitrogens is 1. The highest BCUT2D eigenvalue weighted by molar-refractivity contribution is 5.89. The van der Waals surface area contributed by atoms with Gasteiger partial charge < -0.3 is 10.3 Å². The van der Waals surface area contributed by atoms with Crippen molar-refractivity contribution in [1.29, 1.82) is 0 Å². The Morgan fingerprint density at radius 3 is 2.25 bits per heavy atom. The Kier molecular flexibility index (Phi) is 4.55. The number of rotatable bonds is 2. The first-order chi connectivity index (χ1) is 11.0. The molecule has 2 rings (SSSR count). The summed E-state index contributed by atoms with van der Waals surface area (Å²) < 4.78 is 37.9. The standard InChI is InChI=1S/C17H17F3N2O2/c1-16(2,3)12-6-11(9-22-24)15(23)13(7-12)10-4-5-14(21-8-10)17(18,19)20/h4-9,23-24H,1-3H3/b22-9+. The molecule has 0 aliphatic rings. The largest absolute Gasteiger partial charge is 0.507 e. The number of benzene rings is 1. The third kappa shape index (κ3) is 3.67. The molecule has 1 aromatic carbocycles. The highest BCUT2D eigenvalue weighted by atomic mass is 19.4. The zero-order chi connectivity index (χ0) is 18.1. The van der Waals surface area contributed by atoms with Gasteiger partial charge in [-0.3, -0.25) is 4.98 Å². The van der Waals surface area contributed by atoms with E-state index >= 15 is 0 Å². The summed E-state index contributed by atoms with van der Waals surface area (Å²) in [4.78, 5) is 3.42. The van der Waals surface area contributed by atoms with Crippen LogP contribution in [-0.2, 0) is 11.6 Å². The molecule has 2 N–H and O–H groups in total. The van der Waals surface area contributed by atoms with Crippen LogP contribution >= 0.6 is 0 Å². The van der Waals surface area contributed by atoms with Crippen molar-refractivity contribution in [2.75, 3.05) is 0 Å². The summed E-state index contributed by atoms with van der Waals surface area (Å²) >= 11 is 0. The van der Waals surface area contributed by atoms with E-state index in [9.17, 15) is 18.3 Å². The Morgan fingerprint density at radius 2 is 1.79 bits per heavy atom. The van der Waals surface area contributed by atoms with Crippen molar-refractivity contribution in [3.8, 4) is 16.9 Å². The first kappa shape index (κ1) is 17.8. The Labute approximate surface area is 137 Å². The lowest BCUT2D eigenvalue weighted by Crippen LogP contribution is -2.12. The molecule has 0 radical (unpaired) electrons. The van der Waals surface area contributed by atoms with Crippen molar-refractivity contribution < 1.29 is 23.5 Å². The van der Waals surface area contributed by atoms with Crippen LogP contribution in [0.25, 0.3) is 11.1 Å². The van der Waals surface area contributed by atoms with Crippen molar-refractivity contribution in [1.82, 2.24) is 4.98 Å². The van der Waals surface area contributed by atoms with Crippen LogP contribution in [0, 0.1) is 0 Å². The molecule has 0 aliphatic heterocycles. The molecule has 0 fully saturated rings. The molecule has 1 aromatic heterocycles. The summed E-state index contributed by atoms with van der Waals surface area (Å²) in [5.74, 6) is -0.192. The number of alkyl halides is 3. The van der Waals surface area contributed by atoms with E-state index in [1.807, 2.05) is 20.8 Å². The molecule has 0 unspecified atom stereocenters. The van der Waals surface area contributed by atoms with Crippen LogP contribution in [0.4, 0.5) is 13.2 Å². The molecule has 0 saturated carbocycles. The summed E-state index contributed by atoms with van der Waals surface area (Å²) in [6.07, 6.45) is -2.39. The zero-order valence-electron chi connectivity index (χ0n) is 13.4. The second-order valence-electron chi connectivity index (χ2n) is 6.39. The molecule has 24 heavy (non-hydrogen) atoms. The van der Waals surface area contributed by atoms with Crippen LogP contribution in [0.5, 0.6) is 5.75 Å². The minimum absolute atomic E-state index is 0.192. The van der Waals surface area contributed by atoms with Gasteiger partial charge in [0.2, 0.25) is 0 Å². The molecule has 0 aliphatic carbocycles. The van der Waals surface area contributed by atoms with Crippen LogP contribution < -0.4 is 0 Å². The fraction of sp³-hybridized carbons (Fsp3) is 0.294. The molecule has 7 heteroatoms. The van der Waals surface area contributed by atoms with Gasteiger partial charge in [-0.05, 0) is 29.2 Å². The average Bonchev–Trinajstić information content (AvgIpc) is 2.47. The monoisotopic (exact) mass is 338 g/mol. The van der Waals surface area contributed by atoms with E-state index < -0.39 is 11.9 Å². The molecule has 128 valence electrons. The van der Waals surface area contributed by atoms with Crippen LogP contribution in [0.15, 0.2) is 35.6 Å². The molecule has 0 amide bonds. The SMILES string of the molecule is CC(C)(C)c1cc(/C=N/O)c(O)c(-c2ccc(C(F)(F)F)nc2)c1. The number of hydrogen-bond donors (Lipinski definition) is 2. The van der Waals surface area contributed by atoms with Crippen molar-refractivity contribution >= 4 is 6.21 Å². The molecule has 2 aromatic rings. The third-order valence-electron chi connectivity index (χ3n) is 3.57. The summed E-state index contributed by atoms with van der Waals surface area (Å²) in [5.41, 5.74) is 0.456. The van der Waals surface area contributed by atoms with E-state index in [1.54, 1.807) is 12.1 Å². The van der Waals surface area contributed by atoms with Crippen LogP contribution in [-0.4, -0.2) is 21.5 Å². The van der Waals surface area contributed by atoms with Crippen molar-refractivity contribution in [3.63, 3.8) is 0 Å². The number of aromatic hydroxyl groups is 1. The number of oxime groups is 1. The Bertz CT molecular complexity index is 761. The zero-order valence-corrected chi connectivity index (χ0v) is 13.4. The van der Waals surface area contributed by atoms with E-state index in [2.05, 4.69) is 10.1 Å². The van der Waals surface area contributed by atoms with Crippen molar-refractivity contribution in [2.24, 2.45) is 5.16 Å². The predicted octanol–water partition coefficient (Wildman–Crippen LogP) is 4.58. The Hall–Kier alpha value is -2.57. The molecule has 1 heterocycles. The van der Waals surface area contributed by atoms with Crippen LogP contribution in [0.2, 0.25) is 0 Å². The lowest BCUT2D eigenvalue weighted by atomic mass is 9.84. The number of hydrogen-bond acceptors (Lipinski definition) is 4. The van der Waals surface area contributed by atoms with Gasteiger partial charge in [0, 0.05) is 22.9 Å². The Balaban J connectivity index is 2.62. The normalized spacial score (nSPS) is 12.8. The maximum Gasteiger partial charge on any atom is 0.433 e. The quantitative estimate of drug-likeness (QED) is 0.478. The second-order valence-corrected chi connectivity index (χ2v) is 6.39. The third-order valence-corrected chi connectivity index (χ3v) is 3.57. The molecule has 4 nitrogen and oxygen atoms in total. The maximum absolute atomic E-state index is 12.6. The fourth-order valence-corrected chi connectivity index (χ4v) is 2.19. The van der Waals surface area contributed by atoms with Gasteiger partial charge >= 0.3 is 6.18 Å². The Morgan fingerprint density at radius 1 is 1.12 bits per heavy atom. The summed E-state index contributed by atoms with van der Waals surface area (Å²) in [6, 6.07) is 5.46. The highest BCUT2D eigenvalue weighted by Crippen LogP contribution is 2.37. The molecule has 0 saturated heterocycles. The molecule has 0 bridgehead atoms. The lowest BCUT2D eigenvalue weighted by molar-refractivity contribution is -0.141.